The molecule has 4 rings (SSSR count). The summed E-state index contributed by atoms with van der Waals surface area (Å²) in [5.74, 6) is -1.24. The van der Waals surface area contributed by atoms with E-state index in [1.807, 2.05) is 12.1 Å². The van der Waals surface area contributed by atoms with E-state index in [0.717, 1.165) is 5.56 Å². The van der Waals surface area contributed by atoms with Gasteiger partial charge in [0.1, 0.15) is 17.3 Å². The number of amides is 1. The van der Waals surface area contributed by atoms with Crippen LogP contribution in [0.3, 0.4) is 0 Å². The second kappa shape index (κ2) is 9.91. The van der Waals surface area contributed by atoms with Crippen LogP contribution in [-0.4, -0.2) is 40.5 Å². The zero-order chi connectivity index (χ0) is 24.4. The average molecular weight is 543 g/mol. The Morgan fingerprint density at radius 1 is 1.09 bits per heavy atom. The Labute approximate surface area is 210 Å². The number of Topliss-reactive ketones (excluding diaryl/α,β-unsaturated/α-hetero) is 1. The van der Waals surface area contributed by atoms with E-state index in [0.29, 0.717) is 32.8 Å². The molecule has 8 heteroatoms. The van der Waals surface area contributed by atoms with Gasteiger partial charge in [-0.2, -0.15) is 0 Å². The number of ketones is 1. The lowest BCUT2D eigenvalue weighted by molar-refractivity contribution is -0.139. The van der Waals surface area contributed by atoms with E-state index < -0.39 is 17.7 Å². The van der Waals surface area contributed by atoms with E-state index in [2.05, 4.69) is 15.9 Å². The van der Waals surface area contributed by atoms with Crippen molar-refractivity contribution >= 4 is 45.0 Å². The van der Waals surface area contributed by atoms with Crippen LogP contribution in [0.2, 0.25) is 5.02 Å². The maximum atomic E-state index is 13.1. The fourth-order valence-corrected chi connectivity index (χ4v) is 4.69. The summed E-state index contributed by atoms with van der Waals surface area (Å²) in [6.45, 7) is 0.232. The number of carbonyl (C=O) groups excluding carboxylic acids is 2. The van der Waals surface area contributed by atoms with Gasteiger partial charge in [-0.15, -0.1) is 0 Å². The number of halogens is 2. The van der Waals surface area contributed by atoms with Crippen molar-refractivity contribution in [3.63, 3.8) is 0 Å². The van der Waals surface area contributed by atoms with Gasteiger partial charge in [0.15, 0.2) is 0 Å². The first kappa shape index (κ1) is 23.9. The van der Waals surface area contributed by atoms with Crippen LogP contribution >= 0.6 is 27.5 Å². The third-order valence-corrected chi connectivity index (χ3v) is 6.58. The topological polar surface area (TPSA) is 87.1 Å². The highest BCUT2D eigenvalue weighted by molar-refractivity contribution is 9.10. The third-order valence-electron chi connectivity index (χ3n) is 5.71. The predicted octanol–water partition coefficient (Wildman–Crippen LogP) is 5.48. The highest BCUT2D eigenvalue weighted by Gasteiger charge is 2.46. The molecule has 3 aromatic carbocycles. The molecule has 3 aromatic rings. The Balaban J connectivity index is 1.78. The van der Waals surface area contributed by atoms with Crippen LogP contribution < -0.4 is 4.74 Å². The van der Waals surface area contributed by atoms with E-state index in [1.165, 1.54) is 24.1 Å². The number of ether oxygens (including phenoxy) is 1. The van der Waals surface area contributed by atoms with Gasteiger partial charge < -0.3 is 19.8 Å². The fourth-order valence-electron chi connectivity index (χ4n) is 4.02. The summed E-state index contributed by atoms with van der Waals surface area (Å²) in [5, 5.41) is 21.8. The van der Waals surface area contributed by atoms with E-state index >= 15 is 0 Å². The van der Waals surface area contributed by atoms with Crippen molar-refractivity contribution < 1.29 is 24.5 Å². The molecule has 0 saturated carbocycles. The van der Waals surface area contributed by atoms with Crippen LogP contribution in [0.15, 0.2) is 76.8 Å². The quantitative estimate of drug-likeness (QED) is 0.245. The van der Waals surface area contributed by atoms with E-state index in [4.69, 9.17) is 16.3 Å². The molecule has 0 bridgehead atoms. The first-order valence-electron chi connectivity index (χ1n) is 10.5. The Bertz CT molecular complexity index is 1290. The van der Waals surface area contributed by atoms with Gasteiger partial charge in [0.25, 0.3) is 11.7 Å². The summed E-state index contributed by atoms with van der Waals surface area (Å²) < 4.78 is 5.82. The van der Waals surface area contributed by atoms with Gasteiger partial charge >= 0.3 is 0 Å². The molecule has 1 atom stereocenters. The molecule has 0 aliphatic carbocycles. The van der Waals surface area contributed by atoms with Gasteiger partial charge in [-0.25, -0.2) is 0 Å². The van der Waals surface area contributed by atoms with E-state index in [-0.39, 0.29) is 23.6 Å². The zero-order valence-electron chi connectivity index (χ0n) is 18.2. The third kappa shape index (κ3) is 4.67. The molecule has 1 unspecified atom stereocenters. The molecule has 0 aromatic heterocycles. The lowest BCUT2D eigenvalue weighted by Crippen LogP contribution is -2.31. The van der Waals surface area contributed by atoms with Crippen LogP contribution in [0.25, 0.3) is 5.76 Å². The molecule has 6 nitrogen and oxygen atoms in total. The minimum Gasteiger partial charge on any atom is -0.508 e. The molecule has 2 N–H and O–H groups in total. The van der Waals surface area contributed by atoms with Crippen LogP contribution in [0, 0.1) is 0 Å². The minimum absolute atomic E-state index is 0.00650. The normalized spacial score (nSPS) is 17.3. The number of carbonyl (C=O) groups is 2. The molecule has 0 spiro atoms. The van der Waals surface area contributed by atoms with Crippen molar-refractivity contribution in [2.45, 2.75) is 12.5 Å². The number of aliphatic hydroxyl groups excluding tert-OH is 1. The molecule has 1 saturated heterocycles. The smallest absolute Gasteiger partial charge is 0.295 e. The van der Waals surface area contributed by atoms with Crippen molar-refractivity contribution in [3.05, 3.63) is 98.5 Å². The maximum absolute atomic E-state index is 13.1. The fraction of sp³-hybridized carbons (Fsp3) is 0.154. The van der Waals surface area contributed by atoms with Crippen LogP contribution in [0.1, 0.15) is 22.7 Å². The predicted molar refractivity (Wildman–Crippen MR) is 133 cm³/mol. The van der Waals surface area contributed by atoms with Crippen molar-refractivity contribution in [3.8, 4) is 11.5 Å². The SMILES string of the molecule is COc1ccc(/C(O)=C2/C(=O)C(=O)N(CCc3ccc(Cl)cc3)C2c2cccc(O)c2)cc1Br. The number of likely N-dealkylation sites (tertiary alicyclic amines) is 1. The first-order chi connectivity index (χ1) is 16.3. The number of phenols is 1. The summed E-state index contributed by atoms with van der Waals surface area (Å²) in [4.78, 5) is 27.6. The summed E-state index contributed by atoms with van der Waals surface area (Å²) >= 11 is 9.35. The standard InChI is InChI=1S/C26H21BrClNO5/c1-34-21-10-7-17(14-20(21)27)24(31)22-23(16-3-2-4-19(30)13-16)29(26(33)25(22)32)12-11-15-5-8-18(28)9-6-15/h2-10,13-14,23,30-31H,11-12H2,1H3/b24-22-. The molecule has 174 valence electrons. The van der Waals surface area contributed by atoms with Crippen molar-refractivity contribution in [2.24, 2.45) is 0 Å². The van der Waals surface area contributed by atoms with Gasteiger partial charge in [0.05, 0.1) is 23.2 Å². The van der Waals surface area contributed by atoms with Crippen LogP contribution in [-0.2, 0) is 16.0 Å². The number of hydrogen-bond donors (Lipinski definition) is 2. The summed E-state index contributed by atoms with van der Waals surface area (Å²) in [6, 6.07) is 17.6. The lowest BCUT2D eigenvalue weighted by Gasteiger charge is -2.25. The number of aromatic hydroxyl groups is 1. The molecule has 1 fully saturated rings. The number of nitrogens with zero attached hydrogens (tertiary/aromatic N) is 1. The number of phenolic OH excluding ortho intramolecular Hbond substituents is 1. The van der Waals surface area contributed by atoms with Gasteiger partial charge in [0.2, 0.25) is 0 Å². The Kier molecular flexibility index (Phi) is 6.95. The van der Waals surface area contributed by atoms with Crippen LogP contribution in [0.5, 0.6) is 11.5 Å². The van der Waals surface area contributed by atoms with Crippen LogP contribution in [0.4, 0.5) is 0 Å². The van der Waals surface area contributed by atoms with E-state index in [1.54, 1.807) is 42.5 Å². The molecule has 0 radical (unpaired) electrons. The molecular weight excluding hydrogens is 522 g/mol. The molecule has 34 heavy (non-hydrogen) atoms. The molecular formula is C26H21BrClNO5. The Morgan fingerprint density at radius 3 is 2.47 bits per heavy atom. The monoisotopic (exact) mass is 541 g/mol. The van der Waals surface area contributed by atoms with Crippen molar-refractivity contribution in [2.75, 3.05) is 13.7 Å². The van der Waals surface area contributed by atoms with Gasteiger partial charge in [-0.05, 0) is 75.9 Å². The number of methoxy groups -OCH3 is 1. The summed E-state index contributed by atoms with van der Waals surface area (Å²) in [6.07, 6.45) is 0.480. The highest BCUT2D eigenvalue weighted by atomic mass is 79.9. The molecule has 1 aliphatic rings. The summed E-state index contributed by atoms with van der Waals surface area (Å²) in [5.41, 5.74) is 1.78. The molecule has 1 aliphatic heterocycles. The number of hydrogen-bond acceptors (Lipinski definition) is 5. The van der Waals surface area contributed by atoms with Gasteiger partial charge in [-0.3, -0.25) is 9.59 Å². The van der Waals surface area contributed by atoms with Gasteiger partial charge in [0, 0.05) is 17.1 Å². The van der Waals surface area contributed by atoms with Crippen molar-refractivity contribution in [1.29, 1.82) is 0 Å². The largest absolute Gasteiger partial charge is 0.508 e. The second-order valence-corrected chi connectivity index (χ2v) is 9.10. The number of aliphatic hydroxyl groups is 1. The summed E-state index contributed by atoms with van der Waals surface area (Å²) in [7, 11) is 1.52. The highest BCUT2D eigenvalue weighted by Crippen LogP contribution is 2.41. The number of benzene rings is 3. The Morgan fingerprint density at radius 2 is 1.82 bits per heavy atom. The second-order valence-electron chi connectivity index (χ2n) is 7.81. The first-order valence-corrected chi connectivity index (χ1v) is 11.6. The van der Waals surface area contributed by atoms with Crippen molar-refractivity contribution in [1.82, 2.24) is 4.90 Å². The molecule has 1 amide bonds. The Hall–Kier alpha value is -3.29. The minimum atomic E-state index is -0.861. The maximum Gasteiger partial charge on any atom is 0.295 e. The lowest BCUT2D eigenvalue weighted by atomic mass is 9.95. The van der Waals surface area contributed by atoms with Gasteiger partial charge in [-0.1, -0.05) is 35.9 Å². The molecule has 1 heterocycles. The number of rotatable bonds is 6. The van der Waals surface area contributed by atoms with E-state index in [9.17, 15) is 19.8 Å². The average Bonchev–Trinajstić information content (AvgIpc) is 3.08. The zero-order valence-corrected chi connectivity index (χ0v) is 20.5.